The number of carbonyl (C=O) groups excluding carboxylic acids is 1. The van der Waals surface area contributed by atoms with E-state index in [4.69, 9.17) is 25.4 Å². The predicted octanol–water partition coefficient (Wildman–Crippen LogP) is 3.89. The van der Waals surface area contributed by atoms with Gasteiger partial charge in [0.2, 0.25) is 5.91 Å². The molecular formula is C25H29ClN4O4. The topological polar surface area (TPSA) is 119 Å². The van der Waals surface area contributed by atoms with Gasteiger partial charge in [-0.25, -0.2) is 0 Å². The number of nitrogens with one attached hydrogen (secondary N) is 3. The summed E-state index contributed by atoms with van der Waals surface area (Å²) in [6, 6.07) is 19.2. The molecule has 8 nitrogen and oxygen atoms in total. The molecule has 1 amide bonds. The van der Waals surface area contributed by atoms with Crippen LogP contribution >= 0.6 is 12.4 Å². The Bertz CT molecular complexity index is 1110. The van der Waals surface area contributed by atoms with Gasteiger partial charge in [-0.1, -0.05) is 30.3 Å². The second kappa shape index (κ2) is 12.4. The van der Waals surface area contributed by atoms with Gasteiger partial charge in [0.15, 0.2) is 11.5 Å². The third-order valence-electron chi connectivity index (χ3n) is 5.13. The summed E-state index contributed by atoms with van der Waals surface area (Å²) in [6.07, 6.45) is 0. The molecule has 0 unspecified atom stereocenters. The van der Waals surface area contributed by atoms with E-state index in [9.17, 15) is 4.79 Å². The first kappa shape index (κ1) is 26.3. The molecular weight excluding hydrogens is 456 g/mol. The molecule has 0 spiro atoms. The van der Waals surface area contributed by atoms with Crippen molar-refractivity contribution in [1.82, 2.24) is 5.32 Å². The number of amides is 1. The zero-order chi connectivity index (χ0) is 23.8. The highest BCUT2D eigenvalue weighted by atomic mass is 35.5. The molecule has 3 rings (SSSR count). The van der Waals surface area contributed by atoms with Crippen molar-refractivity contribution in [3.63, 3.8) is 0 Å². The van der Waals surface area contributed by atoms with Crippen molar-refractivity contribution < 1.29 is 19.0 Å². The molecule has 0 aliphatic heterocycles. The molecule has 0 heterocycles. The average molecular weight is 485 g/mol. The van der Waals surface area contributed by atoms with Crippen molar-refractivity contribution in [2.45, 2.75) is 12.6 Å². The van der Waals surface area contributed by atoms with E-state index in [1.165, 1.54) is 21.3 Å². The summed E-state index contributed by atoms with van der Waals surface area (Å²) >= 11 is 0. The Morgan fingerprint density at radius 1 is 0.912 bits per heavy atom. The molecule has 180 valence electrons. The van der Waals surface area contributed by atoms with Crippen LogP contribution in [0.1, 0.15) is 22.7 Å². The average Bonchev–Trinajstić information content (AvgIpc) is 2.85. The van der Waals surface area contributed by atoms with Gasteiger partial charge in [0.25, 0.3) is 0 Å². The maximum atomic E-state index is 13.4. The number of nitrogens with two attached hydrogens (primary N) is 1. The fraction of sp³-hybridized carbons (Fsp3) is 0.200. The molecule has 0 aliphatic rings. The van der Waals surface area contributed by atoms with Crippen LogP contribution in [0.25, 0.3) is 0 Å². The van der Waals surface area contributed by atoms with Crippen molar-refractivity contribution in [3.8, 4) is 17.2 Å². The molecule has 3 aromatic carbocycles. The van der Waals surface area contributed by atoms with Crippen LogP contribution in [-0.4, -0.2) is 33.1 Å². The summed E-state index contributed by atoms with van der Waals surface area (Å²) in [5.74, 6) is 1.16. The van der Waals surface area contributed by atoms with E-state index in [2.05, 4.69) is 10.6 Å². The molecule has 1 atom stereocenters. The highest BCUT2D eigenvalue weighted by molar-refractivity contribution is 5.95. The number of carbonyl (C=O) groups is 1. The lowest BCUT2D eigenvalue weighted by molar-refractivity contribution is -0.122. The Balaban J connectivity index is 0.00000408. The molecule has 0 radical (unpaired) electrons. The van der Waals surface area contributed by atoms with Gasteiger partial charge in [0, 0.05) is 29.4 Å². The zero-order valence-corrected chi connectivity index (χ0v) is 20.1. The minimum atomic E-state index is -0.799. The lowest BCUT2D eigenvalue weighted by Crippen LogP contribution is -2.33. The molecule has 0 aliphatic carbocycles. The van der Waals surface area contributed by atoms with Crippen molar-refractivity contribution in [1.29, 1.82) is 5.41 Å². The minimum Gasteiger partial charge on any atom is -0.496 e. The molecule has 0 fully saturated rings. The van der Waals surface area contributed by atoms with Crippen LogP contribution in [0.3, 0.4) is 0 Å². The van der Waals surface area contributed by atoms with E-state index in [0.29, 0.717) is 40.6 Å². The maximum absolute atomic E-state index is 13.4. The molecule has 0 saturated carbocycles. The Morgan fingerprint density at radius 2 is 1.50 bits per heavy atom. The van der Waals surface area contributed by atoms with Crippen LogP contribution in [0, 0.1) is 5.41 Å². The number of methoxy groups -OCH3 is 3. The quantitative estimate of drug-likeness (QED) is 0.256. The highest BCUT2D eigenvalue weighted by Crippen LogP contribution is 2.38. The smallest absolute Gasteiger partial charge is 0.247 e. The number of nitrogen functional groups attached to an aromatic ring is 1. The largest absolute Gasteiger partial charge is 0.496 e. The maximum Gasteiger partial charge on any atom is 0.247 e. The van der Waals surface area contributed by atoms with Crippen molar-refractivity contribution in [2.75, 3.05) is 26.6 Å². The molecule has 0 saturated heterocycles. The van der Waals surface area contributed by atoms with Crippen LogP contribution in [0.4, 0.5) is 5.69 Å². The first-order valence-electron chi connectivity index (χ1n) is 10.3. The lowest BCUT2D eigenvalue weighted by atomic mass is 10.0. The van der Waals surface area contributed by atoms with Crippen LogP contribution < -0.4 is 30.6 Å². The van der Waals surface area contributed by atoms with Crippen LogP contribution in [0.5, 0.6) is 17.2 Å². The molecule has 34 heavy (non-hydrogen) atoms. The number of ether oxygens (including phenoxy) is 3. The van der Waals surface area contributed by atoms with Gasteiger partial charge in [-0.2, -0.15) is 0 Å². The van der Waals surface area contributed by atoms with Gasteiger partial charge in [-0.15, -0.1) is 12.4 Å². The Hall–Kier alpha value is -3.91. The molecule has 3 aromatic rings. The third kappa shape index (κ3) is 6.32. The van der Waals surface area contributed by atoms with Gasteiger partial charge in [-0.05, 0) is 35.9 Å². The van der Waals surface area contributed by atoms with E-state index < -0.39 is 6.04 Å². The first-order valence-corrected chi connectivity index (χ1v) is 10.3. The fourth-order valence-electron chi connectivity index (χ4n) is 3.36. The van der Waals surface area contributed by atoms with Crippen molar-refractivity contribution in [3.05, 3.63) is 83.4 Å². The van der Waals surface area contributed by atoms with E-state index >= 15 is 0 Å². The monoisotopic (exact) mass is 484 g/mol. The van der Waals surface area contributed by atoms with E-state index in [0.717, 1.165) is 5.56 Å². The van der Waals surface area contributed by atoms with Gasteiger partial charge < -0.3 is 30.6 Å². The summed E-state index contributed by atoms with van der Waals surface area (Å²) in [6.45, 7) is 0.372. The summed E-state index contributed by atoms with van der Waals surface area (Å²) in [4.78, 5) is 13.4. The Labute approximate surface area is 205 Å². The lowest BCUT2D eigenvalue weighted by Gasteiger charge is -2.23. The zero-order valence-electron chi connectivity index (χ0n) is 19.3. The van der Waals surface area contributed by atoms with Gasteiger partial charge in [-0.3, -0.25) is 10.2 Å². The number of rotatable bonds is 10. The Morgan fingerprint density at radius 3 is 2.06 bits per heavy atom. The Kier molecular flexibility index (Phi) is 9.58. The van der Waals surface area contributed by atoms with Crippen LogP contribution in [0.15, 0.2) is 66.7 Å². The summed E-state index contributed by atoms with van der Waals surface area (Å²) < 4.78 is 16.4. The number of anilines is 1. The van der Waals surface area contributed by atoms with Gasteiger partial charge in [0.05, 0.1) is 21.3 Å². The second-order valence-electron chi connectivity index (χ2n) is 7.22. The SMILES string of the molecule is COc1cc(OC)c([C@H](Nc2ccc(C(=N)N)cc2)C(=O)NCc2ccccc2)cc1OC.Cl. The normalized spacial score (nSPS) is 10.9. The van der Waals surface area contributed by atoms with Crippen molar-refractivity contribution in [2.24, 2.45) is 5.73 Å². The van der Waals surface area contributed by atoms with Gasteiger partial charge >= 0.3 is 0 Å². The number of hydrogen-bond donors (Lipinski definition) is 4. The molecule has 0 bridgehead atoms. The number of benzene rings is 3. The van der Waals surface area contributed by atoms with Crippen LogP contribution in [0.2, 0.25) is 0 Å². The van der Waals surface area contributed by atoms with E-state index in [1.54, 1.807) is 36.4 Å². The number of amidine groups is 1. The third-order valence-corrected chi connectivity index (χ3v) is 5.13. The molecule has 5 N–H and O–H groups in total. The fourth-order valence-corrected chi connectivity index (χ4v) is 3.36. The minimum absolute atomic E-state index is 0. The van der Waals surface area contributed by atoms with E-state index in [-0.39, 0.29) is 24.1 Å². The second-order valence-corrected chi connectivity index (χ2v) is 7.22. The standard InChI is InChI=1S/C25H28N4O4.ClH/c1-31-20-14-22(33-3)21(32-2)13-19(20)23(25(30)28-15-16-7-5-4-6-8-16)29-18-11-9-17(10-12-18)24(26)27;/h4-14,23,29H,15H2,1-3H3,(H3,26,27)(H,28,30);1H/t23-;/m0./s1. The molecule has 0 aromatic heterocycles. The number of halogens is 1. The highest BCUT2D eigenvalue weighted by Gasteiger charge is 2.26. The van der Waals surface area contributed by atoms with Crippen molar-refractivity contribution >= 4 is 29.8 Å². The first-order chi connectivity index (χ1) is 16.0. The van der Waals surface area contributed by atoms with Crippen LogP contribution in [-0.2, 0) is 11.3 Å². The summed E-state index contributed by atoms with van der Waals surface area (Å²) in [7, 11) is 4.60. The summed E-state index contributed by atoms with van der Waals surface area (Å²) in [5, 5.41) is 13.8. The van der Waals surface area contributed by atoms with E-state index in [1.807, 2.05) is 30.3 Å². The molecule has 9 heteroatoms. The predicted molar refractivity (Wildman–Crippen MR) is 135 cm³/mol. The summed E-state index contributed by atoms with van der Waals surface area (Å²) in [5.41, 5.74) is 8.38. The van der Waals surface area contributed by atoms with Gasteiger partial charge in [0.1, 0.15) is 17.6 Å². The number of hydrogen-bond acceptors (Lipinski definition) is 6.